The average Bonchev–Trinajstić information content (AvgIpc) is 2.75. The monoisotopic (exact) mass is 391 g/mol. The Labute approximate surface area is 165 Å². The van der Waals surface area contributed by atoms with Crippen LogP contribution >= 0.6 is 11.8 Å². The number of morpholine rings is 1. The van der Waals surface area contributed by atoms with Crippen LogP contribution in [0.25, 0.3) is 0 Å². The van der Waals surface area contributed by atoms with Gasteiger partial charge in [-0.15, -0.1) is 0 Å². The van der Waals surface area contributed by atoms with Crippen LogP contribution < -0.4 is 15.1 Å². The van der Waals surface area contributed by atoms with Crippen LogP contribution in [0.4, 0.5) is 11.6 Å². The third-order valence-corrected chi connectivity index (χ3v) is 6.81. The fourth-order valence-corrected chi connectivity index (χ4v) is 5.19. The average molecular weight is 392 g/mol. The second-order valence-electron chi connectivity index (χ2n) is 7.54. The van der Waals surface area contributed by atoms with E-state index in [4.69, 9.17) is 4.74 Å². The van der Waals surface area contributed by atoms with Crippen molar-refractivity contribution in [1.82, 2.24) is 15.3 Å². The minimum Gasteiger partial charge on any atom is -0.378 e. The predicted molar refractivity (Wildman–Crippen MR) is 108 cm³/mol. The maximum atomic E-state index is 12.6. The van der Waals surface area contributed by atoms with Crippen molar-refractivity contribution in [2.45, 2.75) is 31.7 Å². The van der Waals surface area contributed by atoms with Gasteiger partial charge in [0, 0.05) is 50.0 Å². The van der Waals surface area contributed by atoms with E-state index in [1.807, 2.05) is 11.8 Å². The van der Waals surface area contributed by atoms with Crippen LogP contribution in [-0.2, 0) is 9.53 Å². The van der Waals surface area contributed by atoms with Gasteiger partial charge in [-0.2, -0.15) is 11.8 Å². The quantitative estimate of drug-likeness (QED) is 0.835. The Morgan fingerprint density at radius 2 is 1.93 bits per heavy atom. The SMILES string of the molecule is O=C(NC1CCCN(c2cc(N3CCOCC3)ncn2)C1)C1CCCSC1. The molecule has 8 heteroatoms. The number of carbonyl (C=O) groups excluding carboxylic acids is 1. The second-order valence-corrected chi connectivity index (χ2v) is 8.69. The first-order valence-corrected chi connectivity index (χ1v) is 11.2. The summed E-state index contributed by atoms with van der Waals surface area (Å²) in [5.74, 6) is 4.52. The van der Waals surface area contributed by atoms with Gasteiger partial charge in [-0.1, -0.05) is 0 Å². The molecule has 0 radical (unpaired) electrons. The maximum absolute atomic E-state index is 12.6. The molecule has 4 rings (SSSR count). The molecule has 3 fully saturated rings. The fraction of sp³-hybridized carbons (Fsp3) is 0.737. The van der Waals surface area contributed by atoms with Crippen molar-refractivity contribution in [1.29, 1.82) is 0 Å². The lowest BCUT2D eigenvalue weighted by atomic mass is 10.0. The summed E-state index contributed by atoms with van der Waals surface area (Å²) in [7, 11) is 0. The first-order valence-electron chi connectivity index (χ1n) is 10.1. The van der Waals surface area contributed by atoms with E-state index in [9.17, 15) is 4.79 Å². The molecule has 3 aliphatic rings. The molecule has 0 aromatic carbocycles. The molecular formula is C19H29N5O2S. The van der Waals surface area contributed by atoms with Gasteiger partial charge in [0.05, 0.1) is 13.2 Å². The number of carbonyl (C=O) groups is 1. The van der Waals surface area contributed by atoms with Gasteiger partial charge < -0.3 is 19.9 Å². The molecule has 4 heterocycles. The minimum absolute atomic E-state index is 0.186. The molecule has 0 saturated carbocycles. The minimum atomic E-state index is 0.186. The number of nitrogens with zero attached hydrogens (tertiary/aromatic N) is 4. The predicted octanol–water partition coefficient (Wildman–Crippen LogP) is 1.54. The van der Waals surface area contributed by atoms with Crippen molar-refractivity contribution in [3.63, 3.8) is 0 Å². The highest BCUT2D eigenvalue weighted by atomic mass is 32.2. The van der Waals surface area contributed by atoms with Crippen LogP contribution in [0, 0.1) is 5.92 Å². The van der Waals surface area contributed by atoms with E-state index in [1.165, 1.54) is 5.75 Å². The zero-order chi connectivity index (χ0) is 18.5. The van der Waals surface area contributed by atoms with Gasteiger partial charge in [0.25, 0.3) is 0 Å². The molecule has 148 valence electrons. The van der Waals surface area contributed by atoms with Crippen LogP contribution in [0.5, 0.6) is 0 Å². The maximum Gasteiger partial charge on any atom is 0.224 e. The van der Waals surface area contributed by atoms with Crippen molar-refractivity contribution in [2.75, 3.05) is 60.7 Å². The van der Waals surface area contributed by atoms with E-state index in [-0.39, 0.29) is 17.9 Å². The van der Waals surface area contributed by atoms with Gasteiger partial charge in [0.1, 0.15) is 18.0 Å². The highest BCUT2D eigenvalue weighted by Gasteiger charge is 2.27. The summed E-state index contributed by atoms with van der Waals surface area (Å²) in [6.45, 7) is 5.03. The first-order chi connectivity index (χ1) is 13.3. The van der Waals surface area contributed by atoms with Crippen molar-refractivity contribution in [3.05, 3.63) is 12.4 Å². The highest BCUT2D eigenvalue weighted by Crippen LogP contribution is 2.24. The van der Waals surface area contributed by atoms with Crippen LogP contribution in [0.3, 0.4) is 0 Å². The Morgan fingerprint density at radius 3 is 2.70 bits per heavy atom. The molecule has 3 saturated heterocycles. The standard InChI is InChI=1S/C19H29N5O2S/c25-19(15-3-2-10-27-13-15)22-16-4-1-5-24(12-16)18-11-17(20-14-21-18)23-6-8-26-9-7-23/h11,14-16H,1-10,12-13H2,(H,22,25). The summed E-state index contributed by atoms with van der Waals surface area (Å²) >= 11 is 1.90. The lowest BCUT2D eigenvalue weighted by Crippen LogP contribution is -2.50. The smallest absolute Gasteiger partial charge is 0.224 e. The lowest BCUT2D eigenvalue weighted by Gasteiger charge is -2.35. The number of hydrogen-bond acceptors (Lipinski definition) is 7. The summed E-state index contributed by atoms with van der Waals surface area (Å²) in [5, 5.41) is 3.30. The molecule has 0 spiro atoms. The van der Waals surface area contributed by atoms with Gasteiger partial charge in [0.15, 0.2) is 0 Å². The molecule has 2 atom stereocenters. The first kappa shape index (κ1) is 18.8. The molecule has 3 aliphatic heterocycles. The van der Waals surface area contributed by atoms with E-state index in [0.29, 0.717) is 0 Å². The highest BCUT2D eigenvalue weighted by molar-refractivity contribution is 7.99. The Balaban J connectivity index is 1.37. The van der Waals surface area contributed by atoms with Crippen LogP contribution in [0.15, 0.2) is 12.4 Å². The Hall–Kier alpha value is -1.54. The topological polar surface area (TPSA) is 70.6 Å². The van der Waals surface area contributed by atoms with E-state index < -0.39 is 0 Å². The molecule has 0 bridgehead atoms. The van der Waals surface area contributed by atoms with Gasteiger partial charge in [-0.3, -0.25) is 4.79 Å². The molecule has 27 heavy (non-hydrogen) atoms. The number of thioether (sulfide) groups is 1. The molecule has 7 nitrogen and oxygen atoms in total. The number of amides is 1. The molecule has 1 amide bonds. The van der Waals surface area contributed by atoms with Crippen molar-refractivity contribution in [3.8, 4) is 0 Å². The molecule has 1 aromatic heterocycles. The van der Waals surface area contributed by atoms with Gasteiger partial charge in [0.2, 0.25) is 5.91 Å². The number of anilines is 2. The molecule has 1 N–H and O–H groups in total. The normalized spacial score (nSPS) is 26.7. The van der Waals surface area contributed by atoms with Crippen molar-refractivity contribution >= 4 is 29.3 Å². The number of nitrogens with one attached hydrogen (secondary N) is 1. The van der Waals surface area contributed by atoms with Gasteiger partial charge in [-0.05, 0) is 31.4 Å². The zero-order valence-electron chi connectivity index (χ0n) is 15.8. The Morgan fingerprint density at radius 1 is 1.11 bits per heavy atom. The molecular weight excluding hydrogens is 362 g/mol. The second kappa shape index (κ2) is 9.10. The Kier molecular flexibility index (Phi) is 6.34. The number of ether oxygens (including phenoxy) is 1. The van der Waals surface area contributed by atoms with Crippen molar-refractivity contribution < 1.29 is 9.53 Å². The van der Waals surface area contributed by atoms with Crippen LogP contribution in [-0.4, -0.2) is 72.8 Å². The molecule has 0 aliphatic carbocycles. The lowest BCUT2D eigenvalue weighted by molar-refractivity contribution is -0.125. The van der Waals surface area contributed by atoms with E-state index >= 15 is 0 Å². The summed E-state index contributed by atoms with van der Waals surface area (Å²) in [6, 6.07) is 2.28. The zero-order valence-corrected chi connectivity index (χ0v) is 16.6. The summed E-state index contributed by atoms with van der Waals surface area (Å²) in [4.78, 5) is 26.1. The number of aromatic nitrogens is 2. The van der Waals surface area contributed by atoms with Gasteiger partial charge in [-0.25, -0.2) is 9.97 Å². The summed E-state index contributed by atoms with van der Waals surface area (Å²) in [5.41, 5.74) is 0. The largest absolute Gasteiger partial charge is 0.378 e. The van der Waals surface area contributed by atoms with Gasteiger partial charge >= 0.3 is 0 Å². The molecule has 2 unspecified atom stereocenters. The van der Waals surface area contributed by atoms with Crippen molar-refractivity contribution in [2.24, 2.45) is 5.92 Å². The summed E-state index contributed by atoms with van der Waals surface area (Å²) in [6.07, 6.45) is 5.96. The molecule has 1 aromatic rings. The Bertz CT molecular complexity index is 634. The summed E-state index contributed by atoms with van der Waals surface area (Å²) < 4.78 is 5.43. The third kappa shape index (κ3) is 4.85. The number of rotatable bonds is 4. The third-order valence-electron chi connectivity index (χ3n) is 5.60. The van der Waals surface area contributed by atoms with E-state index in [0.717, 1.165) is 82.5 Å². The van der Waals surface area contributed by atoms with Crippen LogP contribution in [0.2, 0.25) is 0 Å². The fourth-order valence-electron chi connectivity index (χ4n) is 4.05. The van der Waals surface area contributed by atoms with Crippen LogP contribution in [0.1, 0.15) is 25.7 Å². The van der Waals surface area contributed by atoms with E-state index in [2.05, 4.69) is 31.2 Å². The van der Waals surface area contributed by atoms with E-state index in [1.54, 1.807) is 6.33 Å². The number of piperidine rings is 1. The number of hydrogen-bond donors (Lipinski definition) is 1.